The number of rotatable bonds is 3. The third-order valence-corrected chi connectivity index (χ3v) is 3.77. The lowest BCUT2D eigenvalue weighted by Crippen LogP contribution is -2.18. The first-order chi connectivity index (χ1) is 7.84. The van der Waals surface area contributed by atoms with Crippen molar-refractivity contribution in [1.29, 1.82) is 0 Å². The van der Waals surface area contributed by atoms with Crippen molar-refractivity contribution in [3.05, 3.63) is 16.4 Å². The normalized spacial score (nSPS) is 13.1. The zero-order chi connectivity index (χ0) is 13.1. The van der Waals surface area contributed by atoms with E-state index in [9.17, 15) is 4.79 Å². The second kappa shape index (κ2) is 5.49. The molecule has 1 rings (SSSR count). The Bertz CT molecular complexity index is 452. The van der Waals surface area contributed by atoms with Gasteiger partial charge in [-0.15, -0.1) is 0 Å². The standard InChI is InChI=1S/C12H20N2O2S/c1-5-6-7-9-8-14(12(2,3)4)17-10(9)13-11(15)16/h8H,5-7H2,1-4H3,(H,15,16). The van der Waals surface area contributed by atoms with Gasteiger partial charge >= 0.3 is 6.09 Å². The molecular weight excluding hydrogens is 236 g/mol. The van der Waals surface area contributed by atoms with Gasteiger partial charge in [0.05, 0.1) is 0 Å². The van der Waals surface area contributed by atoms with Crippen LogP contribution in [0.15, 0.2) is 11.2 Å². The van der Waals surface area contributed by atoms with Crippen molar-refractivity contribution in [2.45, 2.75) is 52.5 Å². The largest absolute Gasteiger partial charge is 0.463 e. The fraction of sp³-hybridized carbons (Fsp3) is 0.667. The molecule has 17 heavy (non-hydrogen) atoms. The number of aromatic nitrogens is 1. The molecular formula is C12H20N2O2S. The summed E-state index contributed by atoms with van der Waals surface area (Å²) in [6.45, 7) is 8.41. The van der Waals surface area contributed by atoms with Crippen LogP contribution in [0, 0.1) is 0 Å². The van der Waals surface area contributed by atoms with Crippen LogP contribution >= 0.6 is 11.5 Å². The van der Waals surface area contributed by atoms with Crippen LogP contribution in [0.3, 0.4) is 0 Å². The fourth-order valence-electron chi connectivity index (χ4n) is 1.42. The highest BCUT2D eigenvalue weighted by Crippen LogP contribution is 2.17. The van der Waals surface area contributed by atoms with Crippen molar-refractivity contribution in [1.82, 2.24) is 3.96 Å². The van der Waals surface area contributed by atoms with Gasteiger partial charge in [0.2, 0.25) is 0 Å². The van der Waals surface area contributed by atoms with E-state index in [4.69, 9.17) is 5.11 Å². The first-order valence-electron chi connectivity index (χ1n) is 5.84. The third kappa shape index (κ3) is 4.00. The molecule has 0 radical (unpaired) electrons. The molecule has 96 valence electrons. The van der Waals surface area contributed by atoms with Gasteiger partial charge in [0.1, 0.15) is 4.67 Å². The van der Waals surface area contributed by atoms with Crippen LogP contribution in [0.4, 0.5) is 4.79 Å². The molecule has 1 aromatic heterocycles. The Morgan fingerprint density at radius 2 is 2.18 bits per heavy atom. The Balaban J connectivity index is 3.17. The van der Waals surface area contributed by atoms with E-state index in [1.54, 1.807) is 0 Å². The van der Waals surface area contributed by atoms with Crippen molar-refractivity contribution >= 4 is 17.6 Å². The van der Waals surface area contributed by atoms with Gasteiger partial charge in [0, 0.05) is 17.3 Å². The average molecular weight is 256 g/mol. The predicted molar refractivity (Wildman–Crippen MR) is 69.5 cm³/mol. The zero-order valence-corrected chi connectivity index (χ0v) is 11.7. The number of unbranched alkanes of at least 4 members (excludes halogenated alkanes) is 1. The first kappa shape index (κ1) is 14.0. The molecule has 4 nitrogen and oxygen atoms in total. The van der Waals surface area contributed by atoms with Gasteiger partial charge < -0.3 is 5.11 Å². The highest BCUT2D eigenvalue weighted by atomic mass is 32.1. The van der Waals surface area contributed by atoms with Crippen LogP contribution in [0.1, 0.15) is 46.1 Å². The van der Waals surface area contributed by atoms with E-state index in [0.717, 1.165) is 24.8 Å². The van der Waals surface area contributed by atoms with Crippen LogP contribution in [0.2, 0.25) is 0 Å². The minimum Gasteiger partial charge on any atom is -0.463 e. The lowest BCUT2D eigenvalue weighted by atomic mass is 10.1. The highest BCUT2D eigenvalue weighted by molar-refractivity contribution is 7.04. The summed E-state index contributed by atoms with van der Waals surface area (Å²) < 4.78 is 2.70. The lowest BCUT2D eigenvalue weighted by Gasteiger charge is -2.19. The number of aryl methyl sites for hydroxylation is 1. The Hall–Kier alpha value is -1.10. The van der Waals surface area contributed by atoms with Crippen LogP contribution in [0.5, 0.6) is 0 Å². The topological polar surface area (TPSA) is 54.6 Å². The summed E-state index contributed by atoms with van der Waals surface area (Å²) in [6.07, 6.45) is 3.95. The summed E-state index contributed by atoms with van der Waals surface area (Å²) in [5, 5.41) is 8.76. The number of hydrogen-bond donors (Lipinski definition) is 1. The minimum absolute atomic E-state index is 0.0299. The van der Waals surface area contributed by atoms with E-state index in [2.05, 4.69) is 36.6 Å². The maximum absolute atomic E-state index is 10.7. The first-order valence-corrected chi connectivity index (χ1v) is 6.62. The van der Waals surface area contributed by atoms with Crippen molar-refractivity contribution in [2.75, 3.05) is 0 Å². The molecule has 0 spiro atoms. The highest BCUT2D eigenvalue weighted by Gasteiger charge is 2.15. The molecule has 0 saturated carbocycles. The van der Waals surface area contributed by atoms with E-state index >= 15 is 0 Å². The maximum atomic E-state index is 10.7. The van der Waals surface area contributed by atoms with Gasteiger partial charge in [-0.2, -0.15) is 4.99 Å². The van der Waals surface area contributed by atoms with Crippen LogP contribution < -0.4 is 4.67 Å². The van der Waals surface area contributed by atoms with E-state index in [-0.39, 0.29) is 5.54 Å². The molecule has 0 aliphatic carbocycles. The summed E-state index contributed by atoms with van der Waals surface area (Å²) in [4.78, 5) is 14.3. The lowest BCUT2D eigenvalue weighted by molar-refractivity contribution is 0.205. The van der Waals surface area contributed by atoms with E-state index in [0.29, 0.717) is 4.67 Å². The molecule has 1 N–H and O–H groups in total. The molecule has 5 heteroatoms. The van der Waals surface area contributed by atoms with Crippen LogP contribution in [-0.4, -0.2) is 15.2 Å². The summed E-state index contributed by atoms with van der Waals surface area (Å²) >= 11 is 1.41. The number of carbonyl (C=O) groups is 1. The van der Waals surface area contributed by atoms with Gasteiger partial charge in [-0.05, 0) is 45.1 Å². The summed E-state index contributed by atoms with van der Waals surface area (Å²) in [5.74, 6) is 0. The van der Waals surface area contributed by atoms with Crippen molar-refractivity contribution in [3.8, 4) is 0 Å². The Kier molecular flexibility index (Phi) is 4.51. The molecule has 0 unspecified atom stereocenters. The Labute approximate surface area is 106 Å². The van der Waals surface area contributed by atoms with E-state index in [1.807, 2.05) is 6.20 Å². The van der Waals surface area contributed by atoms with E-state index in [1.165, 1.54) is 11.5 Å². The number of carboxylic acid groups (broad SMARTS) is 1. The molecule has 1 heterocycles. The smallest absolute Gasteiger partial charge is 0.432 e. The second-order valence-electron chi connectivity index (χ2n) is 5.05. The zero-order valence-electron chi connectivity index (χ0n) is 10.9. The summed E-state index contributed by atoms with van der Waals surface area (Å²) in [7, 11) is 0. The molecule has 0 fully saturated rings. The SMILES string of the molecule is CCCCc1cn(C(C)(C)C)sc1=NC(=O)O. The number of amides is 1. The van der Waals surface area contributed by atoms with Gasteiger partial charge in [-0.25, -0.2) is 4.79 Å². The van der Waals surface area contributed by atoms with Gasteiger partial charge in [0.15, 0.2) is 0 Å². The summed E-state index contributed by atoms with van der Waals surface area (Å²) in [5.41, 5.74) is 1.01. The number of hydrogen-bond acceptors (Lipinski definition) is 2. The van der Waals surface area contributed by atoms with Crippen LogP contribution in [-0.2, 0) is 12.0 Å². The molecule has 0 atom stereocenters. The van der Waals surface area contributed by atoms with Gasteiger partial charge in [-0.3, -0.25) is 3.96 Å². The molecule has 1 amide bonds. The minimum atomic E-state index is -1.12. The van der Waals surface area contributed by atoms with Crippen molar-refractivity contribution < 1.29 is 9.90 Å². The Morgan fingerprint density at radius 3 is 2.65 bits per heavy atom. The molecule has 0 saturated heterocycles. The average Bonchev–Trinajstić information content (AvgIpc) is 2.56. The molecule has 0 aliphatic heterocycles. The van der Waals surface area contributed by atoms with Gasteiger partial charge in [-0.1, -0.05) is 13.3 Å². The second-order valence-corrected chi connectivity index (χ2v) is 6.01. The molecule has 1 aromatic rings. The maximum Gasteiger partial charge on any atom is 0.432 e. The van der Waals surface area contributed by atoms with Crippen LogP contribution in [0.25, 0.3) is 0 Å². The van der Waals surface area contributed by atoms with Crippen molar-refractivity contribution in [3.63, 3.8) is 0 Å². The van der Waals surface area contributed by atoms with E-state index < -0.39 is 6.09 Å². The quantitative estimate of drug-likeness (QED) is 0.902. The predicted octanol–water partition coefficient (Wildman–Crippen LogP) is 3.23. The van der Waals surface area contributed by atoms with Crippen molar-refractivity contribution in [2.24, 2.45) is 4.99 Å². The number of nitrogens with zero attached hydrogens (tertiary/aromatic N) is 2. The molecule has 0 bridgehead atoms. The summed E-state index contributed by atoms with van der Waals surface area (Å²) in [6, 6.07) is 0. The molecule has 0 aliphatic rings. The van der Waals surface area contributed by atoms with Gasteiger partial charge in [0.25, 0.3) is 0 Å². The third-order valence-electron chi connectivity index (χ3n) is 2.39. The Morgan fingerprint density at radius 1 is 1.53 bits per heavy atom. The fourth-order valence-corrected chi connectivity index (χ4v) is 2.45. The monoisotopic (exact) mass is 256 g/mol. The molecule has 0 aromatic carbocycles.